The van der Waals surface area contributed by atoms with Gasteiger partial charge in [0.05, 0.1) is 11.3 Å². The summed E-state index contributed by atoms with van der Waals surface area (Å²) in [5.41, 5.74) is 11.8. The van der Waals surface area contributed by atoms with Gasteiger partial charge in [0.25, 0.3) is 0 Å². The topological polar surface area (TPSA) is 12.4 Å². The molecule has 0 unspecified atom stereocenters. The van der Waals surface area contributed by atoms with E-state index in [0.29, 0.717) is 0 Å². The zero-order chi connectivity index (χ0) is 26.1. The molecule has 0 radical (unpaired) electrons. The standard InChI is InChI=1S/C38H29N/c1-6-16-28(17-7-1)33-34(29-18-8-2-9-19-29)36(31-22-12-4-13-23-31)38(26-27-38)39-37(32-24-14-5-15-25-32)35(33)30-20-10-3-11-21-30/h1-25H,26-27H2. The summed E-state index contributed by atoms with van der Waals surface area (Å²) in [6, 6.07) is 54.3. The van der Waals surface area contributed by atoms with Crippen molar-refractivity contribution in [1.82, 2.24) is 0 Å². The summed E-state index contributed by atoms with van der Waals surface area (Å²) in [6.45, 7) is 0. The second-order valence-electron chi connectivity index (χ2n) is 10.3. The van der Waals surface area contributed by atoms with Gasteiger partial charge in [0.1, 0.15) is 0 Å². The summed E-state index contributed by atoms with van der Waals surface area (Å²) >= 11 is 0. The van der Waals surface area contributed by atoms with Crippen molar-refractivity contribution in [3.63, 3.8) is 0 Å². The minimum Gasteiger partial charge on any atom is -0.273 e. The molecule has 0 saturated heterocycles. The molecule has 1 heteroatoms. The van der Waals surface area contributed by atoms with Crippen LogP contribution in [0, 0.1) is 0 Å². The van der Waals surface area contributed by atoms with Crippen LogP contribution in [-0.4, -0.2) is 11.3 Å². The Labute approximate surface area is 230 Å². The summed E-state index contributed by atoms with van der Waals surface area (Å²) in [7, 11) is 0. The van der Waals surface area contributed by atoms with E-state index in [-0.39, 0.29) is 5.54 Å². The molecular weight excluding hydrogens is 470 g/mol. The summed E-state index contributed by atoms with van der Waals surface area (Å²) in [4.78, 5) is 5.76. The summed E-state index contributed by atoms with van der Waals surface area (Å²) < 4.78 is 0. The van der Waals surface area contributed by atoms with Crippen LogP contribution in [0.25, 0.3) is 22.3 Å². The SMILES string of the molecule is c1ccc(C2=NC3(CC3)C(c3ccccc3)=C(c3ccccc3)C(c3ccccc3)=C2c2ccccc2)cc1. The number of allylic oxidation sites excluding steroid dienone is 3. The number of rotatable bonds is 5. The number of aliphatic imine (C=N–C) groups is 1. The van der Waals surface area contributed by atoms with Crippen LogP contribution >= 0.6 is 0 Å². The summed E-state index contributed by atoms with van der Waals surface area (Å²) in [6.07, 6.45) is 2.07. The molecule has 1 spiro atoms. The average molecular weight is 500 g/mol. The van der Waals surface area contributed by atoms with Crippen LogP contribution in [0.3, 0.4) is 0 Å². The minimum atomic E-state index is -0.270. The van der Waals surface area contributed by atoms with Crippen LogP contribution in [0.15, 0.2) is 157 Å². The van der Waals surface area contributed by atoms with Crippen molar-refractivity contribution in [2.75, 3.05) is 0 Å². The van der Waals surface area contributed by atoms with Crippen molar-refractivity contribution < 1.29 is 0 Å². The molecule has 0 bridgehead atoms. The summed E-state index contributed by atoms with van der Waals surface area (Å²) in [5.74, 6) is 0. The summed E-state index contributed by atoms with van der Waals surface area (Å²) in [5, 5.41) is 0. The van der Waals surface area contributed by atoms with Gasteiger partial charge in [-0.3, -0.25) is 4.99 Å². The monoisotopic (exact) mass is 499 g/mol. The third-order valence-corrected chi connectivity index (χ3v) is 7.80. The number of benzene rings is 5. The first-order valence-electron chi connectivity index (χ1n) is 13.7. The van der Waals surface area contributed by atoms with Crippen molar-refractivity contribution in [1.29, 1.82) is 0 Å². The Balaban J connectivity index is 1.70. The second kappa shape index (κ2) is 9.85. The van der Waals surface area contributed by atoms with E-state index in [1.54, 1.807) is 0 Å². The Morgan fingerprint density at radius 2 is 0.718 bits per heavy atom. The third-order valence-electron chi connectivity index (χ3n) is 7.80. The van der Waals surface area contributed by atoms with Crippen molar-refractivity contribution in [3.8, 4) is 0 Å². The van der Waals surface area contributed by atoms with E-state index < -0.39 is 0 Å². The van der Waals surface area contributed by atoms with Crippen LogP contribution in [-0.2, 0) is 0 Å². The van der Waals surface area contributed by atoms with E-state index in [0.717, 1.165) is 24.1 Å². The van der Waals surface area contributed by atoms with Crippen molar-refractivity contribution in [3.05, 3.63) is 179 Å². The average Bonchev–Trinajstić information content (AvgIpc) is 3.82. The number of hydrogen-bond donors (Lipinski definition) is 0. The smallest absolute Gasteiger partial charge is 0.0878 e. The van der Waals surface area contributed by atoms with Gasteiger partial charge in [0.15, 0.2) is 0 Å². The lowest BCUT2D eigenvalue weighted by Gasteiger charge is -2.23. The first-order valence-corrected chi connectivity index (χ1v) is 13.7. The lowest BCUT2D eigenvalue weighted by Crippen LogP contribution is -2.13. The molecule has 0 N–H and O–H groups in total. The Bertz CT molecular complexity index is 1690. The largest absolute Gasteiger partial charge is 0.273 e. The van der Waals surface area contributed by atoms with E-state index in [1.165, 1.54) is 44.5 Å². The van der Waals surface area contributed by atoms with E-state index >= 15 is 0 Å². The molecule has 1 heterocycles. The Hall–Kier alpha value is -4.75. The maximum Gasteiger partial charge on any atom is 0.0878 e. The zero-order valence-corrected chi connectivity index (χ0v) is 21.8. The molecule has 39 heavy (non-hydrogen) atoms. The zero-order valence-electron chi connectivity index (χ0n) is 21.8. The van der Waals surface area contributed by atoms with E-state index in [1.807, 2.05) is 0 Å². The van der Waals surface area contributed by atoms with Crippen LogP contribution in [0.1, 0.15) is 40.7 Å². The Morgan fingerprint density at radius 1 is 0.359 bits per heavy atom. The fourth-order valence-electron chi connectivity index (χ4n) is 5.90. The van der Waals surface area contributed by atoms with Gasteiger partial charge in [-0.1, -0.05) is 152 Å². The van der Waals surface area contributed by atoms with Crippen molar-refractivity contribution in [2.24, 2.45) is 4.99 Å². The molecule has 1 nitrogen and oxygen atoms in total. The van der Waals surface area contributed by atoms with Gasteiger partial charge in [0, 0.05) is 11.1 Å². The van der Waals surface area contributed by atoms with Crippen LogP contribution in [0.2, 0.25) is 0 Å². The fraction of sp³-hybridized carbons (Fsp3) is 0.0789. The molecule has 1 saturated carbocycles. The maximum atomic E-state index is 5.76. The molecule has 1 fully saturated rings. The highest BCUT2D eigenvalue weighted by Gasteiger charge is 2.50. The van der Waals surface area contributed by atoms with Gasteiger partial charge in [-0.2, -0.15) is 0 Å². The molecule has 0 amide bonds. The molecule has 0 atom stereocenters. The highest BCUT2D eigenvalue weighted by atomic mass is 14.9. The van der Waals surface area contributed by atoms with Crippen LogP contribution in [0.5, 0.6) is 0 Å². The van der Waals surface area contributed by atoms with Gasteiger partial charge in [-0.25, -0.2) is 0 Å². The maximum absolute atomic E-state index is 5.76. The van der Waals surface area contributed by atoms with Crippen molar-refractivity contribution >= 4 is 28.0 Å². The molecule has 5 aromatic carbocycles. The van der Waals surface area contributed by atoms with E-state index in [9.17, 15) is 0 Å². The van der Waals surface area contributed by atoms with Crippen LogP contribution < -0.4 is 0 Å². The second-order valence-corrected chi connectivity index (χ2v) is 10.3. The van der Waals surface area contributed by atoms with E-state index in [2.05, 4.69) is 152 Å². The molecule has 2 aliphatic rings. The molecule has 186 valence electrons. The third kappa shape index (κ3) is 4.27. The lowest BCUT2D eigenvalue weighted by atomic mass is 9.79. The lowest BCUT2D eigenvalue weighted by molar-refractivity contribution is 0.885. The molecular formula is C38H29N. The Morgan fingerprint density at radius 3 is 1.15 bits per heavy atom. The number of nitrogens with zero attached hydrogens (tertiary/aromatic N) is 1. The van der Waals surface area contributed by atoms with Gasteiger partial charge in [0.2, 0.25) is 0 Å². The van der Waals surface area contributed by atoms with Crippen LogP contribution in [0.4, 0.5) is 0 Å². The van der Waals surface area contributed by atoms with Gasteiger partial charge < -0.3 is 0 Å². The molecule has 1 aliphatic heterocycles. The van der Waals surface area contributed by atoms with Gasteiger partial charge in [-0.05, 0) is 51.8 Å². The van der Waals surface area contributed by atoms with Gasteiger partial charge in [-0.15, -0.1) is 0 Å². The first kappa shape index (κ1) is 23.4. The first-order chi connectivity index (χ1) is 19.3. The predicted octanol–water partition coefficient (Wildman–Crippen LogP) is 9.24. The Kier molecular flexibility index (Phi) is 5.90. The molecule has 0 aromatic heterocycles. The molecule has 7 rings (SSSR count). The molecule has 5 aromatic rings. The highest BCUT2D eigenvalue weighted by Crippen LogP contribution is 2.58. The fourth-order valence-corrected chi connectivity index (χ4v) is 5.90. The quantitative estimate of drug-likeness (QED) is 0.228. The van der Waals surface area contributed by atoms with Gasteiger partial charge >= 0.3 is 0 Å². The molecule has 1 aliphatic carbocycles. The highest BCUT2D eigenvalue weighted by molar-refractivity contribution is 6.44. The minimum absolute atomic E-state index is 0.270. The van der Waals surface area contributed by atoms with E-state index in [4.69, 9.17) is 4.99 Å². The predicted molar refractivity (Wildman–Crippen MR) is 164 cm³/mol. The normalized spacial score (nSPS) is 16.2. The number of hydrogen-bond acceptors (Lipinski definition) is 1. The van der Waals surface area contributed by atoms with Crippen molar-refractivity contribution in [2.45, 2.75) is 18.4 Å².